The van der Waals surface area contributed by atoms with Crippen molar-refractivity contribution < 1.29 is 22.4 Å². The van der Waals surface area contributed by atoms with Gasteiger partial charge in [0.25, 0.3) is 5.91 Å². The number of amides is 1. The van der Waals surface area contributed by atoms with E-state index in [-0.39, 0.29) is 22.9 Å². The smallest absolute Gasteiger partial charge is 0.294 e. The average Bonchev–Trinajstić information content (AvgIpc) is 3.19. The zero-order chi connectivity index (χ0) is 21.6. The lowest BCUT2D eigenvalue weighted by Gasteiger charge is -2.28. The fraction of sp³-hybridized carbons (Fsp3) is 0.286. The molecule has 30 heavy (non-hydrogen) atoms. The van der Waals surface area contributed by atoms with Gasteiger partial charge in [0.05, 0.1) is 35.4 Å². The quantitative estimate of drug-likeness (QED) is 0.613. The second kappa shape index (κ2) is 7.23. The Labute approximate surface area is 169 Å². The normalized spacial score (nSPS) is 16.4. The number of carbonyl (C=O) groups excluding carboxylic acids is 1. The molecule has 0 saturated carbocycles. The van der Waals surface area contributed by atoms with Crippen LogP contribution in [-0.4, -0.2) is 21.1 Å². The van der Waals surface area contributed by atoms with Crippen molar-refractivity contribution in [3.05, 3.63) is 76.6 Å². The number of alkyl halides is 3. The first kappa shape index (κ1) is 20.1. The van der Waals surface area contributed by atoms with E-state index in [1.54, 1.807) is 0 Å². The molecule has 9 heteroatoms. The van der Waals surface area contributed by atoms with Crippen LogP contribution in [0.4, 0.5) is 23.2 Å². The number of anilines is 1. The number of hydrogen-bond donors (Lipinski definition) is 1. The number of hydrogen-bond acceptors (Lipinski definition) is 3. The number of nitrogens with zero attached hydrogens (tertiary/aromatic N) is 3. The predicted molar refractivity (Wildman–Crippen MR) is 101 cm³/mol. The molecule has 0 fully saturated rings. The lowest BCUT2D eigenvalue weighted by Crippen LogP contribution is -2.31. The summed E-state index contributed by atoms with van der Waals surface area (Å²) < 4.78 is 55.3. The molecule has 1 atom stereocenters. The monoisotopic (exact) mass is 418 g/mol. The maximum Gasteiger partial charge on any atom is 0.416 e. The summed E-state index contributed by atoms with van der Waals surface area (Å²) in [5.41, 5.74) is 0.116. The summed E-state index contributed by atoms with van der Waals surface area (Å²) in [6.07, 6.45) is -1.94. The SMILES string of the molecule is CC(C)Cc1n[nH]c2c1C(c1ccccc1C(F)(F)F)N(c1cncc(F)c1)C2=O. The van der Waals surface area contributed by atoms with Crippen LogP contribution in [0.25, 0.3) is 0 Å². The number of nitrogens with one attached hydrogen (secondary N) is 1. The van der Waals surface area contributed by atoms with Gasteiger partial charge in [0.2, 0.25) is 0 Å². The highest BCUT2D eigenvalue weighted by molar-refractivity contribution is 6.10. The van der Waals surface area contributed by atoms with E-state index < -0.39 is 29.5 Å². The van der Waals surface area contributed by atoms with Crippen LogP contribution < -0.4 is 4.90 Å². The molecule has 4 rings (SSSR count). The molecule has 1 N–H and O–H groups in total. The van der Waals surface area contributed by atoms with Crippen LogP contribution in [0.2, 0.25) is 0 Å². The van der Waals surface area contributed by atoms with Crippen LogP contribution in [0.1, 0.15) is 52.8 Å². The van der Waals surface area contributed by atoms with Crippen LogP contribution in [0.3, 0.4) is 0 Å². The van der Waals surface area contributed by atoms with Gasteiger partial charge in [-0.2, -0.15) is 18.3 Å². The molecular formula is C21H18F4N4O. The van der Waals surface area contributed by atoms with Crippen molar-refractivity contribution >= 4 is 11.6 Å². The fourth-order valence-electron chi connectivity index (χ4n) is 3.84. The Balaban J connectivity index is 1.97. The molecule has 3 heterocycles. The number of H-pyrrole nitrogens is 1. The average molecular weight is 418 g/mol. The Bertz CT molecular complexity index is 1110. The van der Waals surface area contributed by atoms with E-state index in [1.807, 2.05) is 13.8 Å². The van der Waals surface area contributed by atoms with E-state index in [4.69, 9.17) is 0 Å². The Kier molecular flexibility index (Phi) is 4.83. The van der Waals surface area contributed by atoms with Crippen LogP contribution in [-0.2, 0) is 12.6 Å². The van der Waals surface area contributed by atoms with Crippen LogP contribution in [0, 0.1) is 11.7 Å². The highest BCUT2D eigenvalue weighted by atomic mass is 19.4. The zero-order valence-electron chi connectivity index (χ0n) is 16.2. The van der Waals surface area contributed by atoms with Gasteiger partial charge in [-0.25, -0.2) is 4.39 Å². The number of halogens is 4. The Hall–Kier alpha value is -3.23. The van der Waals surface area contributed by atoms with Crippen molar-refractivity contribution in [2.24, 2.45) is 5.92 Å². The number of aromatic nitrogens is 3. The third-order valence-corrected chi connectivity index (χ3v) is 4.98. The lowest BCUT2D eigenvalue weighted by atomic mass is 9.92. The van der Waals surface area contributed by atoms with E-state index in [9.17, 15) is 22.4 Å². The number of aromatic amines is 1. The minimum Gasteiger partial charge on any atom is -0.294 e. The third kappa shape index (κ3) is 3.34. The number of pyridine rings is 1. The first-order valence-electron chi connectivity index (χ1n) is 9.35. The van der Waals surface area contributed by atoms with Gasteiger partial charge in [-0.15, -0.1) is 0 Å². The largest absolute Gasteiger partial charge is 0.416 e. The number of rotatable bonds is 4. The molecule has 0 saturated heterocycles. The molecule has 2 aromatic heterocycles. The second-order valence-corrected chi connectivity index (χ2v) is 7.58. The van der Waals surface area contributed by atoms with Crippen LogP contribution in [0.15, 0.2) is 42.7 Å². The Morgan fingerprint density at radius 3 is 2.60 bits per heavy atom. The van der Waals surface area contributed by atoms with Crippen molar-refractivity contribution in [3.8, 4) is 0 Å². The first-order valence-corrected chi connectivity index (χ1v) is 9.35. The highest BCUT2D eigenvalue weighted by Crippen LogP contribution is 2.46. The molecule has 5 nitrogen and oxygen atoms in total. The molecule has 156 valence electrons. The first-order chi connectivity index (χ1) is 14.2. The molecule has 0 aliphatic carbocycles. The zero-order valence-corrected chi connectivity index (χ0v) is 16.2. The maximum absolute atomic E-state index is 13.9. The van der Waals surface area contributed by atoms with E-state index in [2.05, 4.69) is 15.2 Å². The fourth-order valence-corrected chi connectivity index (χ4v) is 3.84. The summed E-state index contributed by atoms with van der Waals surface area (Å²) in [6.45, 7) is 3.90. The number of benzene rings is 1. The summed E-state index contributed by atoms with van der Waals surface area (Å²) >= 11 is 0. The Morgan fingerprint density at radius 1 is 1.20 bits per heavy atom. The maximum atomic E-state index is 13.9. The van der Waals surface area contributed by atoms with Gasteiger partial charge in [-0.3, -0.25) is 19.8 Å². The van der Waals surface area contributed by atoms with Gasteiger partial charge in [-0.1, -0.05) is 32.0 Å². The summed E-state index contributed by atoms with van der Waals surface area (Å²) in [7, 11) is 0. The van der Waals surface area contributed by atoms with Crippen molar-refractivity contribution in [3.63, 3.8) is 0 Å². The Morgan fingerprint density at radius 2 is 1.93 bits per heavy atom. The molecule has 1 amide bonds. The van der Waals surface area contributed by atoms with Gasteiger partial charge in [0.15, 0.2) is 0 Å². The molecule has 1 aliphatic rings. The van der Waals surface area contributed by atoms with Crippen molar-refractivity contribution in [2.45, 2.75) is 32.5 Å². The molecule has 1 aliphatic heterocycles. The van der Waals surface area contributed by atoms with Gasteiger partial charge < -0.3 is 0 Å². The van der Waals surface area contributed by atoms with E-state index in [1.165, 1.54) is 24.4 Å². The summed E-state index contributed by atoms with van der Waals surface area (Å²) in [5.74, 6) is -1.11. The van der Waals surface area contributed by atoms with Gasteiger partial charge in [0, 0.05) is 11.6 Å². The van der Waals surface area contributed by atoms with E-state index in [0.29, 0.717) is 17.7 Å². The summed E-state index contributed by atoms with van der Waals surface area (Å²) in [6, 6.07) is 5.06. The second-order valence-electron chi connectivity index (χ2n) is 7.58. The summed E-state index contributed by atoms with van der Waals surface area (Å²) in [5, 5.41) is 6.88. The molecule has 0 bridgehead atoms. The van der Waals surface area contributed by atoms with E-state index >= 15 is 0 Å². The van der Waals surface area contributed by atoms with Gasteiger partial charge in [0.1, 0.15) is 11.5 Å². The standard InChI is InChI=1S/C21H18F4N4O/c1-11(2)7-16-17-18(28-27-16)20(30)29(13-8-12(22)9-26-10-13)19(17)14-5-3-4-6-15(14)21(23,24)25/h3-6,8-11,19H,7H2,1-2H3,(H,27,28). The predicted octanol–water partition coefficient (Wildman–Crippen LogP) is 4.91. The highest BCUT2D eigenvalue weighted by Gasteiger charge is 2.46. The molecular weight excluding hydrogens is 400 g/mol. The molecule has 1 aromatic carbocycles. The lowest BCUT2D eigenvalue weighted by molar-refractivity contribution is -0.138. The van der Waals surface area contributed by atoms with E-state index in [0.717, 1.165) is 23.2 Å². The molecule has 1 unspecified atom stereocenters. The minimum absolute atomic E-state index is 0.0714. The van der Waals surface area contributed by atoms with Crippen LogP contribution >= 0.6 is 0 Å². The van der Waals surface area contributed by atoms with Gasteiger partial charge in [-0.05, 0) is 24.0 Å². The van der Waals surface area contributed by atoms with Crippen molar-refractivity contribution in [1.29, 1.82) is 0 Å². The topological polar surface area (TPSA) is 61.9 Å². The van der Waals surface area contributed by atoms with Gasteiger partial charge >= 0.3 is 6.18 Å². The van der Waals surface area contributed by atoms with Crippen LogP contribution in [0.5, 0.6) is 0 Å². The number of fused-ring (bicyclic) bond motifs is 1. The number of carbonyl (C=O) groups is 1. The molecule has 3 aromatic rings. The van der Waals surface area contributed by atoms with Crippen molar-refractivity contribution in [2.75, 3.05) is 4.90 Å². The molecule has 0 radical (unpaired) electrons. The molecule has 0 spiro atoms. The minimum atomic E-state index is -4.63. The summed E-state index contributed by atoms with van der Waals surface area (Å²) in [4.78, 5) is 18.1. The van der Waals surface area contributed by atoms with Crippen molar-refractivity contribution in [1.82, 2.24) is 15.2 Å². The third-order valence-electron chi connectivity index (χ3n) is 4.98.